The van der Waals surface area contributed by atoms with E-state index in [4.69, 9.17) is 0 Å². The van der Waals surface area contributed by atoms with Gasteiger partial charge in [-0.2, -0.15) is 18.3 Å². The van der Waals surface area contributed by atoms with Crippen molar-refractivity contribution in [2.45, 2.75) is 6.18 Å². The maximum atomic E-state index is 13.4. The van der Waals surface area contributed by atoms with Crippen LogP contribution in [0.4, 0.5) is 23.4 Å². The van der Waals surface area contributed by atoms with Crippen LogP contribution in [0.3, 0.4) is 0 Å². The lowest BCUT2D eigenvalue weighted by Gasteiger charge is -2.09. The van der Waals surface area contributed by atoms with Crippen molar-refractivity contribution in [2.24, 2.45) is 7.05 Å². The zero-order valence-corrected chi connectivity index (χ0v) is 14.3. The number of carbonyl (C=O) groups excluding carboxylic acids is 2. The van der Waals surface area contributed by atoms with Gasteiger partial charge in [-0.05, 0) is 34.1 Å². The Hall–Kier alpha value is -2.43. The van der Waals surface area contributed by atoms with Gasteiger partial charge in [0.05, 0.1) is 17.1 Å². The third-order valence-electron chi connectivity index (χ3n) is 3.09. The molecule has 0 atom stereocenters. The van der Waals surface area contributed by atoms with E-state index >= 15 is 0 Å². The van der Waals surface area contributed by atoms with Gasteiger partial charge < -0.3 is 10.1 Å². The number of nitrogens with zero attached hydrogens (tertiary/aromatic N) is 2. The minimum absolute atomic E-state index is 0.0203. The number of hydrogen-bond acceptors (Lipinski definition) is 4. The highest BCUT2D eigenvalue weighted by atomic mass is 79.9. The fourth-order valence-electron chi connectivity index (χ4n) is 1.96. The average molecular weight is 424 g/mol. The fraction of sp³-hybridized carbons (Fsp3) is 0.214. The van der Waals surface area contributed by atoms with Crippen molar-refractivity contribution >= 4 is 33.6 Å². The van der Waals surface area contributed by atoms with Crippen LogP contribution in [0.25, 0.3) is 0 Å². The highest BCUT2D eigenvalue weighted by molar-refractivity contribution is 9.10. The minimum Gasteiger partial charge on any atom is -0.464 e. The molecule has 2 rings (SSSR count). The Morgan fingerprint density at radius 2 is 1.92 bits per heavy atom. The number of halogens is 5. The van der Waals surface area contributed by atoms with Gasteiger partial charge in [-0.3, -0.25) is 9.48 Å². The molecule has 0 aliphatic heterocycles. The number of anilines is 1. The summed E-state index contributed by atoms with van der Waals surface area (Å²) in [6, 6.07) is 1.45. The molecule has 25 heavy (non-hydrogen) atoms. The molecular weight excluding hydrogens is 414 g/mol. The maximum absolute atomic E-state index is 13.4. The number of aryl methyl sites for hydroxylation is 1. The molecule has 11 heteroatoms. The summed E-state index contributed by atoms with van der Waals surface area (Å²) in [4.78, 5) is 23.7. The first-order valence-corrected chi connectivity index (χ1v) is 7.34. The second-order valence-corrected chi connectivity index (χ2v) is 5.60. The maximum Gasteiger partial charge on any atom is 0.416 e. The predicted octanol–water partition coefficient (Wildman–Crippen LogP) is 3.38. The molecule has 0 radical (unpaired) electrons. The molecule has 1 heterocycles. The monoisotopic (exact) mass is 423 g/mol. The van der Waals surface area contributed by atoms with E-state index in [1.165, 1.54) is 7.05 Å². The lowest BCUT2D eigenvalue weighted by molar-refractivity contribution is -0.137. The Balaban J connectivity index is 2.35. The third kappa shape index (κ3) is 3.98. The number of carbonyl (C=O) groups is 2. The van der Waals surface area contributed by atoms with Gasteiger partial charge in [-0.25, -0.2) is 9.18 Å². The molecule has 134 valence electrons. The summed E-state index contributed by atoms with van der Waals surface area (Å²) in [5, 5.41) is 6.07. The van der Waals surface area contributed by atoms with Gasteiger partial charge in [-0.1, -0.05) is 0 Å². The molecule has 0 saturated heterocycles. The van der Waals surface area contributed by atoms with Crippen molar-refractivity contribution in [3.63, 3.8) is 0 Å². The van der Waals surface area contributed by atoms with Crippen molar-refractivity contribution in [1.82, 2.24) is 9.78 Å². The first-order chi connectivity index (χ1) is 11.5. The molecular formula is C14H10BrF4N3O3. The molecule has 0 bridgehead atoms. The van der Waals surface area contributed by atoms with Gasteiger partial charge in [0.15, 0.2) is 11.5 Å². The number of amides is 1. The Labute approximate surface area is 146 Å². The van der Waals surface area contributed by atoms with E-state index in [1.54, 1.807) is 0 Å². The van der Waals surface area contributed by atoms with Crippen LogP contribution >= 0.6 is 15.9 Å². The van der Waals surface area contributed by atoms with E-state index in [2.05, 4.69) is 31.1 Å². The normalized spacial score (nSPS) is 11.3. The number of rotatable bonds is 3. The molecule has 0 aliphatic carbocycles. The zero-order valence-electron chi connectivity index (χ0n) is 12.7. The topological polar surface area (TPSA) is 73.2 Å². The largest absolute Gasteiger partial charge is 0.464 e. The van der Waals surface area contributed by atoms with Crippen LogP contribution in [0.15, 0.2) is 22.7 Å². The second-order valence-electron chi connectivity index (χ2n) is 4.81. The number of nitrogens with one attached hydrogen (secondary N) is 1. The van der Waals surface area contributed by atoms with E-state index in [9.17, 15) is 27.2 Å². The number of ether oxygens (including phenoxy) is 1. The second kappa shape index (κ2) is 6.82. The van der Waals surface area contributed by atoms with Gasteiger partial charge in [0.2, 0.25) is 0 Å². The Morgan fingerprint density at radius 1 is 1.28 bits per heavy atom. The van der Waals surface area contributed by atoms with Crippen molar-refractivity contribution in [2.75, 3.05) is 12.4 Å². The van der Waals surface area contributed by atoms with Gasteiger partial charge in [-0.15, -0.1) is 0 Å². The lowest BCUT2D eigenvalue weighted by Crippen LogP contribution is -2.15. The third-order valence-corrected chi connectivity index (χ3v) is 3.84. The number of benzene rings is 1. The zero-order chi connectivity index (χ0) is 18.9. The lowest BCUT2D eigenvalue weighted by atomic mass is 10.1. The highest BCUT2D eigenvalue weighted by Crippen LogP contribution is 2.31. The van der Waals surface area contributed by atoms with Crippen molar-refractivity contribution in [3.05, 3.63) is 45.3 Å². The Morgan fingerprint density at radius 3 is 2.48 bits per heavy atom. The average Bonchev–Trinajstić information content (AvgIpc) is 2.79. The molecule has 1 amide bonds. The fourth-order valence-corrected chi connectivity index (χ4v) is 2.56. The van der Waals surface area contributed by atoms with Crippen LogP contribution in [0.2, 0.25) is 0 Å². The van der Waals surface area contributed by atoms with E-state index in [0.29, 0.717) is 12.1 Å². The smallest absolute Gasteiger partial charge is 0.416 e. The summed E-state index contributed by atoms with van der Waals surface area (Å²) in [7, 11) is 2.54. The minimum atomic E-state index is -4.80. The summed E-state index contributed by atoms with van der Waals surface area (Å²) in [5.41, 5.74) is -1.87. The predicted molar refractivity (Wildman–Crippen MR) is 81.6 cm³/mol. The molecule has 6 nitrogen and oxygen atoms in total. The number of alkyl halides is 3. The van der Waals surface area contributed by atoms with E-state index in [0.717, 1.165) is 11.8 Å². The van der Waals surface area contributed by atoms with E-state index < -0.39 is 35.0 Å². The summed E-state index contributed by atoms with van der Waals surface area (Å²) >= 11 is 3.05. The van der Waals surface area contributed by atoms with Crippen molar-refractivity contribution in [1.29, 1.82) is 0 Å². The molecule has 1 aromatic heterocycles. The van der Waals surface area contributed by atoms with Gasteiger partial charge in [0, 0.05) is 12.6 Å². The standard InChI is InChI=1S/C14H10BrF4N3O3/c1-22-10(13(24)25-2)9(15)11(21-22)20-12(23)6-3-7(14(17,18)19)5-8(16)4-6/h3-5H,1-2H3,(H,20,21,23). The van der Waals surface area contributed by atoms with Gasteiger partial charge >= 0.3 is 12.1 Å². The van der Waals surface area contributed by atoms with E-state index in [-0.39, 0.29) is 22.1 Å². The molecule has 0 unspecified atom stereocenters. The molecule has 1 N–H and O–H groups in total. The summed E-state index contributed by atoms with van der Waals surface area (Å²) in [5.74, 6) is -3.12. The van der Waals surface area contributed by atoms with Crippen LogP contribution in [-0.2, 0) is 18.0 Å². The number of hydrogen-bond donors (Lipinski definition) is 1. The number of esters is 1. The Bertz CT molecular complexity index is 849. The van der Waals surface area contributed by atoms with Crippen molar-refractivity contribution in [3.8, 4) is 0 Å². The van der Waals surface area contributed by atoms with Crippen LogP contribution in [0, 0.1) is 5.82 Å². The van der Waals surface area contributed by atoms with Gasteiger partial charge in [0.25, 0.3) is 5.91 Å². The van der Waals surface area contributed by atoms with Crippen LogP contribution in [-0.4, -0.2) is 28.8 Å². The number of methoxy groups -OCH3 is 1. The highest BCUT2D eigenvalue weighted by Gasteiger charge is 2.32. The SMILES string of the molecule is COC(=O)c1c(Br)c(NC(=O)c2cc(F)cc(C(F)(F)F)c2)nn1C. The molecule has 1 aromatic carbocycles. The summed E-state index contributed by atoms with van der Waals surface area (Å²) in [6.07, 6.45) is -4.80. The molecule has 0 aliphatic rings. The molecule has 0 fully saturated rings. The quantitative estimate of drug-likeness (QED) is 0.606. The van der Waals surface area contributed by atoms with Crippen LogP contribution in [0.5, 0.6) is 0 Å². The van der Waals surface area contributed by atoms with Gasteiger partial charge in [0.1, 0.15) is 5.82 Å². The molecule has 0 spiro atoms. The molecule has 0 saturated carbocycles. The first-order valence-electron chi connectivity index (χ1n) is 6.54. The molecule has 2 aromatic rings. The number of aromatic nitrogens is 2. The Kier molecular flexibility index (Phi) is 5.16. The summed E-state index contributed by atoms with van der Waals surface area (Å²) < 4.78 is 57.3. The van der Waals surface area contributed by atoms with Crippen LogP contribution in [0.1, 0.15) is 26.4 Å². The summed E-state index contributed by atoms with van der Waals surface area (Å²) in [6.45, 7) is 0. The van der Waals surface area contributed by atoms with Crippen LogP contribution < -0.4 is 5.32 Å². The van der Waals surface area contributed by atoms with E-state index in [1.807, 2.05) is 0 Å². The first kappa shape index (κ1) is 18.9. The van der Waals surface area contributed by atoms with Crippen molar-refractivity contribution < 1.29 is 31.9 Å².